The van der Waals surface area contributed by atoms with Crippen LogP contribution in [0.25, 0.3) is 0 Å². The van der Waals surface area contributed by atoms with Crippen molar-refractivity contribution < 1.29 is 6.16 Å². The Hall–Kier alpha value is -1.13. The van der Waals surface area contributed by atoms with Gasteiger partial charge in [0.25, 0.3) is 0 Å². The second-order valence-electron chi connectivity index (χ2n) is 7.11. The highest BCUT2D eigenvalue weighted by Crippen LogP contribution is 2.24. The zero-order valence-corrected chi connectivity index (χ0v) is 14.6. The summed E-state index contributed by atoms with van der Waals surface area (Å²) < 4.78 is 5.48. The van der Waals surface area contributed by atoms with Crippen LogP contribution in [0.15, 0.2) is 18.5 Å². The molecule has 130 valence electrons. The SMILES string of the molecule is CCC(C)c1cncc(NC2CCN(C3CCOCC3)CC2)c1.[HH]. The molecule has 4 heteroatoms. The molecule has 0 aliphatic carbocycles. The average molecular weight is 319 g/mol. The Morgan fingerprint density at radius 3 is 2.70 bits per heavy atom. The Kier molecular flexibility index (Phi) is 5.90. The highest BCUT2D eigenvalue weighted by molar-refractivity contribution is 5.44. The summed E-state index contributed by atoms with van der Waals surface area (Å²) in [5, 5.41) is 3.71. The van der Waals surface area contributed by atoms with Crippen LogP contribution < -0.4 is 5.32 Å². The van der Waals surface area contributed by atoms with Crippen LogP contribution in [0.5, 0.6) is 0 Å². The second kappa shape index (κ2) is 8.11. The first-order valence-corrected chi connectivity index (χ1v) is 9.29. The van der Waals surface area contributed by atoms with Gasteiger partial charge in [-0.1, -0.05) is 13.8 Å². The van der Waals surface area contributed by atoms with Gasteiger partial charge < -0.3 is 15.0 Å². The number of anilines is 1. The van der Waals surface area contributed by atoms with E-state index >= 15 is 0 Å². The lowest BCUT2D eigenvalue weighted by molar-refractivity contribution is 0.0262. The minimum Gasteiger partial charge on any atom is -0.381 e. The Bertz CT molecular complexity index is 485. The number of piperidine rings is 1. The molecule has 23 heavy (non-hydrogen) atoms. The number of aromatic nitrogens is 1. The quantitative estimate of drug-likeness (QED) is 0.893. The van der Waals surface area contributed by atoms with Crippen molar-refractivity contribution in [2.75, 3.05) is 31.6 Å². The van der Waals surface area contributed by atoms with Crippen LogP contribution in [-0.2, 0) is 4.74 Å². The fourth-order valence-electron chi connectivity index (χ4n) is 3.74. The van der Waals surface area contributed by atoms with Crippen molar-refractivity contribution in [2.45, 2.75) is 64.0 Å². The molecule has 2 aliphatic heterocycles. The first-order chi connectivity index (χ1) is 11.3. The molecular weight excluding hydrogens is 286 g/mol. The summed E-state index contributed by atoms with van der Waals surface area (Å²) >= 11 is 0. The van der Waals surface area contributed by atoms with E-state index in [1.54, 1.807) is 0 Å². The van der Waals surface area contributed by atoms with E-state index < -0.39 is 0 Å². The highest BCUT2D eigenvalue weighted by Gasteiger charge is 2.26. The normalized spacial score (nSPS) is 22.9. The van der Waals surface area contributed by atoms with Crippen LogP contribution >= 0.6 is 0 Å². The largest absolute Gasteiger partial charge is 0.381 e. The van der Waals surface area contributed by atoms with Gasteiger partial charge in [-0.05, 0) is 49.7 Å². The van der Waals surface area contributed by atoms with E-state index in [0.29, 0.717) is 12.0 Å². The maximum atomic E-state index is 5.48. The van der Waals surface area contributed by atoms with Crippen molar-refractivity contribution in [3.63, 3.8) is 0 Å². The molecule has 3 rings (SSSR count). The van der Waals surface area contributed by atoms with Crippen molar-refractivity contribution >= 4 is 5.69 Å². The molecule has 2 saturated heterocycles. The van der Waals surface area contributed by atoms with E-state index in [1.807, 2.05) is 12.4 Å². The molecule has 0 saturated carbocycles. The number of nitrogens with one attached hydrogen (secondary N) is 1. The summed E-state index contributed by atoms with van der Waals surface area (Å²) in [5.41, 5.74) is 2.53. The molecule has 0 aromatic carbocycles. The fraction of sp³-hybridized carbons (Fsp3) is 0.737. The van der Waals surface area contributed by atoms with Crippen LogP contribution in [0, 0.1) is 0 Å². The van der Waals surface area contributed by atoms with E-state index in [2.05, 4.69) is 35.1 Å². The molecular formula is C19H33N3O. The molecule has 4 nitrogen and oxygen atoms in total. The molecule has 0 amide bonds. The molecule has 1 atom stereocenters. The Morgan fingerprint density at radius 2 is 2.00 bits per heavy atom. The van der Waals surface area contributed by atoms with Crippen molar-refractivity contribution in [3.05, 3.63) is 24.0 Å². The second-order valence-corrected chi connectivity index (χ2v) is 7.11. The number of hydrogen-bond acceptors (Lipinski definition) is 4. The first-order valence-electron chi connectivity index (χ1n) is 9.29. The van der Waals surface area contributed by atoms with Gasteiger partial charge >= 0.3 is 0 Å². The van der Waals surface area contributed by atoms with Gasteiger partial charge in [0.1, 0.15) is 0 Å². The molecule has 2 aliphatic rings. The Balaban J connectivity index is 0.00000208. The van der Waals surface area contributed by atoms with Gasteiger partial charge in [-0.3, -0.25) is 4.98 Å². The highest BCUT2D eigenvalue weighted by atomic mass is 16.5. The van der Waals surface area contributed by atoms with Crippen LogP contribution in [0.2, 0.25) is 0 Å². The lowest BCUT2D eigenvalue weighted by atomic mass is 9.98. The third kappa shape index (κ3) is 4.45. The van der Waals surface area contributed by atoms with Crippen molar-refractivity contribution in [1.82, 2.24) is 9.88 Å². The third-order valence-electron chi connectivity index (χ3n) is 5.55. The van der Waals surface area contributed by atoms with Gasteiger partial charge in [-0.2, -0.15) is 0 Å². The Morgan fingerprint density at radius 1 is 1.26 bits per heavy atom. The average Bonchev–Trinajstić information content (AvgIpc) is 2.62. The maximum absolute atomic E-state index is 5.48. The molecule has 1 unspecified atom stereocenters. The minimum absolute atomic E-state index is 0. The van der Waals surface area contributed by atoms with Gasteiger partial charge in [0.2, 0.25) is 0 Å². The predicted octanol–water partition coefficient (Wildman–Crippen LogP) is 3.90. The van der Waals surface area contributed by atoms with Gasteiger partial charge in [0, 0.05) is 52.2 Å². The maximum Gasteiger partial charge on any atom is 0.0531 e. The van der Waals surface area contributed by atoms with Gasteiger partial charge in [-0.25, -0.2) is 0 Å². The molecule has 2 fully saturated rings. The van der Waals surface area contributed by atoms with E-state index in [1.165, 1.54) is 50.0 Å². The van der Waals surface area contributed by atoms with Crippen LogP contribution in [0.3, 0.4) is 0 Å². The molecule has 0 radical (unpaired) electrons. The van der Waals surface area contributed by atoms with Crippen LogP contribution in [0.1, 0.15) is 58.9 Å². The summed E-state index contributed by atoms with van der Waals surface area (Å²) in [6.07, 6.45) is 10.0. The zero-order chi connectivity index (χ0) is 16.1. The molecule has 3 heterocycles. The summed E-state index contributed by atoms with van der Waals surface area (Å²) in [7, 11) is 0. The predicted molar refractivity (Wildman–Crippen MR) is 97.1 cm³/mol. The first kappa shape index (κ1) is 16.7. The van der Waals surface area contributed by atoms with Crippen molar-refractivity contribution in [3.8, 4) is 0 Å². The standard InChI is InChI=1S/C19H31N3O.H2/c1-3-15(2)16-12-18(14-20-13-16)21-17-4-8-22(9-5-17)19-6-10-23-11-7-19;/h12-15,17,19,21H,3-11H2,1-2H3;1H. The van der Waals surface area contributed by atoms with E-state index in [9.17, 15) is 0 Å². The molecule has 1 aromatic rings. The van der Waals surface area contributed by atoms with Gasteiger partial charge in [-0.15, -0.1) is 0 Å². The number of nitrogens with zero attached hydrogens (tertiary/aromatic N) is 2. The number of rotatable bonds is 5. The number of likely N-dealkylation sites (tertiary alicyclic amines) is 1. The summed E-state index contributed by atoms with van der Waals surface area (Å²) in [5.74, 6) is 0.583. The minimum atomic E-state index is 0. The zero-order valence-electron chi connectivity index (χ0n) is 14.6. The molecule has 0 bridgehead atoms. The Labute approximate surface area is 142 Å². The van der Waals surface area contributed by atoms with Gasteiger partial charge in [0.15, 0.2) is 0 Å². The number of pyridine rings is 1. The monoisotopic (exact) mass is 319 g/mol. The topological polar surface area (TPSA) is 37.4 Å². The van der Waals surface area contributed by atoms with E-state index in [0.717, 1.165) is 25.7 Å². The lowest BCUT2D eigenvalue weighted by Gasteiger charge is -2.39. The molecule has 0 spiro atoms. The van der Waals surface area contributed by atoms with Crippen molar-refractivity contribution in [1.29, 1.82) is 0 Å². The lowest BCUT2D eigenvalue weighted by Crippen LogP contribution is -2.46. The fourth-order valence-corrected chi connectivity index (χ4v) is 3.74. The number of ether oxygens (including phenoxy) is 1. The summed E-state index contributed by atoms with van der Waals surface area (Å²) in [4.78, 5) is 7.10. The van der Waals surface area contributed by atoms with Crippen LogP contribution in [-0.4, -0.2) is 48.3 Å². The van der Waals surface area contributed by atoms with Crippen LogP contribution in [0.4, 0.5) is 5.69 Å². The summed E-state index contributed by atoms with van der Waals surface area (Å²) in [6, 6.07) is 3.62. The van der Waals surface area contributed by atoms with E-state index in [-0.39, 0.29) is 1.43 Å². The van der Waals surface area contributed by atoms with Crippen molar-refractivity contribution in [2.24, 2.45) is 0 Å². The summed E-state index contributed by atoms with van der Waals surface area (Å²) in [6.45, 7) is 8.80. The third-order valence-corrected chi connectivity index (χ3v) is 5.55. The van der Waals surface area contributed by atoms with E-state index in [4.69, 9.17) is 4.74 Å². The molecule has 1 aromatic heterocycles. The number of hydrogen-bond donors (Lipinski definition) is 1. The van der Waals surface area contributed by atoms with Gasteiger partial charge in [0.05, 0.1) is 5.69 Å². The molecule has 1 N–H and O–H groups in total. The smallest absolute Gasteiger partial charge is 0.0531 e.